The molecular weight excluding hydrogens is 252 g/mol. The van der Waals surface area contributed by atoms with E-state index in [1.807, 2.05) is 12.1 Å². The van der Waals surface area contributed by atoms with Crippen LogP contribution in [0.2, 0.25) is 0 Å². The molecule has 3 nitrogen and oxygen atoms in total. The maximum absolute atomic E-state index is 9.78. The molecule has 0 heterocycles. The third-order valence-electron chi connectivity index (χ3n) is 4.77. The summed E-state index contributed by atoms with van der Waals surface area (Å²) in [7, 11) is 0. The minimum atomic E-state index is -0.0460. The van der Waals surface area contributed by atoms with E-state index in [9.17, 15) is 15.3 Å². The van der Waals surface area contributed by atoms with Crippen molar-refractivity contribution < 1.29 is 15.3 Å². The molecule has 2 aromatic rings. The summed E-state index contributed by atoms with van der Waals surface area (Å²) in [5.74, 6) is 1.04. The van der Waals surface area contributed by atoms with E-state index in [0.29, 0.717) is 11.7 Å². The van der Waals surface area contributed by atoms with Gasteiger partial charge in [-0.05, 0) is 71.7 Å². The van der Waals surface area contributed by atoms with Crippen molar-refractivity contribution in [2.45, 2.75) is 25.2 Å². The van der Waals surface area contributed by atoms with Crippen molar-refractivity contribution in [3.63, 3.8) is 0 Å². The molecule has 20 heavy (non-hydrogen) atoms. The Labute approximate surface area is 117 Å². The molecule has 2 aliphatic rings. The van der Waals surface area contributed by atoms with E-state index in [1.165, 1.54) is 11.1 Å². The highest BCUT2D eigenvalue weighted by molar-refractivity contribution is 5.55. The van der Waals surface area contributed by atoms with Crippen molar-refractivity contribution in [1.29, 1.82) is 0 Å². The molecule has 102 valence electrons. The molecule has 0 saturated heterocycles. The lowest BCUT2D eigenvalue weighted by molar-refractivity contribution is 0.402. The minimum Gasteiger partial charge on any atom is -0.508 e. The van der Waals surface area contributed by atoms with Crippen LogP contribution in [0.5, 0.6) is 17.2 Å². The number of phenols is 3. The summed E-state index contributed by atoms with van der Waals surface area (Å²) in [5, 5.41) is 29.1. The lowest BCUT2D eigenvalue weighted by atomic mass is 9.75. The number of aryl methyl sites for hydroxylation is 1. The van der Waals surface area contributed by atoms with Gasteiger partial charge in [-0.15, -0.1) is 0 Å². The Morgan fingerprint density at radius 3 is 2.50 bits per heavy atom. The SMILES string of the molecule is Oc1ccc2c(c1)CCC1Cc3cc(O)c(O)cc3[C@H]21. The normalized spacial score (nSPS) is 23.0. The standard InChI is InChI=1S/C17H16O3/c18-12-3-4-13-9(6-12)1-2-10-5-11-7-15(19)16(20)8-14(11)17(10)13/h3-4,6-8,10,17-20H,1-2,5H2/t10?,17-/m0/s1. The molecule has 0 bridgehead atoms. The van der Waals surface area contributed by atoms with Crippen molar-refractivity contribution in [1.82, 2.24) is 0 Å². The first kappa shape index (κ1) is 11.6. The van der Waals surface area contributed by atoms with Crippen LogP contribution in [0, 0.1) is 5.92 Å². The molecule has 3 N–H and O–H groups in total. The number of hydrogen-bond donors (Lipinski definition) is 3. The molecule has 3 heteroatoms. The largest absolute Gasteiger partial charge is 0.508 e. The van der Waals surface area contributed by atoms with Crippen LogP contribution in [0.25, 0.3) is 0 Å². The van der Waals surface area contributed by atoms with E-state index in [0.717, 1.165) is 30.4 Å². The van der Waals surface area contributed by atoms with Crippen LogP contribution in [-0.4, -0.2) is 15.3 Å². The van der Waals surface area contributed by atoms with Crippen LogP contribution in [0.1, 0.15) is 34.6 Å². The Balaban J connectivity index is 1.90. The second-order valence-electron chi connectivity index (χ2n) is 5.90. The number of rotatable bonds is 0. The summed E-state index contributed by atoms with van der Waals surface area (Å²) in [6, 6.07) is 8.99. The summed E-state index contributed by atoms with van der Waals surface area (Å²) in [6.45, 7) is 0. The van der Waals surface area contributed by atoms with E-state index in [2.05, 4.69) is 0 Å². The maximum Gasteiger partial charge on any atom is 0.157 e. The van der Waals surface area contributed by atoms with E-state index in [-0.39, 0.29) is 17.4 Å². The second kappa shape index (κ2) is 3.92. The first-order valence-corrected chi connectivity index (χ1v) is 7.00. The number of fused-ring (bicyclic) bond motifs is 5. The average Bonchev–Trinajstić information content (AvgIpc) is 2.77. The van der Waals surface area contributed by atoms with Crippen LogP contribution in [0.4, 0.5) is 0 Å². The van der Waals surface area contributed by atoms with Gasteiger partial charge in [-0.3, -0.25) is 0 Å². The van der Waals surface area contributed by atoms with Crippen molar-refractivity contribution >= 4 is 0 Å². The molecule has 0 spiro atoms. The Bertz CT molecular complexity index is 706. The highest BCUT2D eigenvalue weighted by Crippen LogP contribution is 2.51. The number of phenolic OH excluding ortho intramolecular Hbond substituents is 3. The molecule has 1 unspecified atom stereocenters. The Morgan fingerprint density at radius 2 is 1.65 bits per heavy atom. The Kier molecular flexibility index (Phi) is 2.28. The molecule has 0 radical (unpaired) electrons. The van der Waals surface area contributed by atoms with Gasteiger partial charge in [0.2, 0.25) is 0 Å². The fraction of sp³-hybridized carbons (Fsp3) is 0.294. The highest BCUT2D eigenvalue weighted by atomic mass is 16.3. The fourth-order valence-corrected chi connectivity index (χ4v) is 3.90. The summed E-state index contributed by atoms with van der Waals surface area (Å²) in [5.41, 5.74) is 4.71. The third-order valence-corrected chi connectivity index (χ3v) is 4.77. The van der Waals surface area contributed by atoms with Crippen molar-refractivity contribution in [3.8, 4) is 17.2 Å². The zero-order valence-electron chi connectivity index (χ0n) is 11.0. The molecule has 4 rings (SSSR count). The number of aromatic hydroxyl groups is 3. The molecule has 0 saturated carbocycles. The molecule has 0 amide bonds. The van der Waals surface area contributed by atoms with Gasteiger partial charge in [-0.25, -0.2) is 0 Å². The Hall–Kier alpha value is -2.16. The van der Waals surface area contributed by atoms with Crippen LogP contribution in [0.15, 0.2) is 30.3 Å². The van der Waals surface area contributed by atoms with Crippen molar-refractivity contribution in [2.24, 2.45) is 5.92 Å². The van der Waals surface area contributed by atoms with E-state index < -0.39 is 0 Å². The predicted molar refractivity (Wildman–Crippen MR) is 75.2 cm³/mol. The lowest BCUT2D eigenvalue weighted by Gasteiger charge is -2.29. The fourth-order valence-electron chi connectivity index (χ4n) is 3.90. The van der Waals surface area contributed by atoms with Gasteiger partial charge in [0, 0.05) is 5.92 Å². The van der Waals surface area contributed by atoms with E-state index in [4.69, 9.17) is 0 Å². The van der Waals surface area contributed by atoms with Gasteiger partial charge >= 0.3 is 0 Å². The molecule has 2 aromatic carbocycles. The van der Waals surface area contributed by atoms with E-state index in [1.54, 1.807) is 18.2 Å². The van der Waals surface area contributed by atoms with Gasteiger partial charge in [-0.2, -0.15) is 0 Å². The molecule has 0 aliphatic heterocycles. The van der Waals surface area contributed by atoms with Crippen LogP contribution in [0.3, 0.4) is 0 Å². The van der Waals surface area contributed by atoms with Gasteiger partial charge in [0.15, 0.2) is 11.5 Å². The maximum atomic E-state index is 9.78. The zero-order chi connectivity index (χ0) is 13.9. The van der Waals surface area contributed by atoms with Gasteiger partial charge in [-0.1, -0.05) is 6.07 Å². The first-order valence-electron chi connectivity index (χ1n) is 7.00. The monoisotopic (exact) mass is 268 g/mol. The van der Waals surface area contributed by atoms with Gasteiger partial charge in [0.1, 0.15) is 5.75 Å². The van der Waals surface area contributed by atoms with Crippen molar-refractivity contribution in [2.75, 3.05) is 0 Å². The topological polar surface area (TPSA) is 60.7 Å². The summed E-state index contributed by atoms with van der Waals surface area (Å²) in [6.07, 6.45) is 3.02. The summed E-state index contributed by atoms with van der Waals surface area (Å²) < 4.78 is 0. The van der Waals surface area contributed by atoms with Gasteiger partial charge < -0.3 is 15.3 Å². The highest BCUT2D eigenvalue weighted by Gasteiger charge is 2.38. The third kappa shape index (κ3) is 1.52. The second-order valence-corrected chi connectivity index (χ2v) is 5.90. The summed E-state index contributed by atoms with van der Waals surface area (Å²) >= 11 is 0. The predicted octanol–water partition coefficient (Wildman–Crippen LogP) is 3.05. The van der Waals surface area contributed by atoms with Crippen molar-refractivity contribution in [3.05, 3.63) is 52.6 Å². The smallest absolute Gasteiger partial charge is 0.157 e. The molecule has 2 aliphatic carbocycles. The molecule has 2 atom stereocenters. The summed E-state index contributed by atoms with van der Waals surface area (Å²) in [4.78, 5) is 0. The van der Waals surface area contributed by atoms with Gasteiger partial charge in [0.25, 0.3) is 0 Å². The van der Waals surface area contributed by atoms with Gasteiger partial charge in [0.05, 0.1) is 0 Å². The van der Waals surface area contributed by atoms with E-state index >= 15 is 0 Å². The first-order chi connectivity index (χ1) is 9.63. The van der Waals surface area contributed by atoms with Crippen LogP contribution >= 0.6 is 0 Å². The molecule has 0 fully saturated rings. The Morgan fingerprint density at radius 1 is 0.850 bits per heavy atom. The van der Waals surface area contributed by atoms with Crippen LogP contribution in [-0.2, 0) is 12.8 Å². The zero-order valence-corrected chi connectivity index (χ0v) is 11.0. The molecule has 0 aromatic heterocycles. The van der Waals surface area contributed by atoms with Crippen LogP contribution < -0.4 is 0 Å². The quantitative estimate of drug-likeness (QED) is 0.643. The average molecular weight is 268 g/mol. The minimum absolute atomic E-state index is 0.0340. The number of hydrogen-bond acceptors (Lipinski definition) is 3. The molecular formula is C17H16O3. The lowest BCUT2D eigenvalue weighted by Crippen LogP contribution is -2.17. The number of benzene rings is 2.